The average molecular weight is 170 g/mol. The molecule has 0 bridgehead atoms. The van der Waals surface area contributed by atoms with Gasteiger partial charge in [0.2, 0.25) is 5.91 Å². The first kappa shape index (κ1) is 8.20. The van der Waals surface area contributed by atoms with Crippen LogP contribution in [0, 0.1) is 0 Å². The molecule has 3 nitrogen and oxygen atoms in total. The van der Waals surface area contributed by atoms with Crippen molar-refractivity contribution in [3.8, 4) is 0 Å². The van der Waals surface area contributed by atoms with Crippen LogP contribution in [0.4, 0.5) is 0 Å². The van der Waals surface area contributed by atoms with Crippen LogP contribution in [-0.2, 0) is 11.3 Å². The van der Waals surface area contributed by atoms with Gasteiger partial charge >= 0.3 is 0 Å². The van der Waals surface area contributed by atoms with E-state index in [1.807, 2.05) is 0 Å². The molecule has 0 spiro atoms. The summed E-state index contributed by atoms with van der Waals surface area (Å²) >= 11 is 4.53. The van der Waals surface area contributed by atoms with Crippen molar-refractivity contribution in [1.82, 2.24) is 5.32 Å². The lowest BCUT2D eigenvalue weighted by Crippen LogP contribution is -2.23. The fourth-order valence-corrected chi connectivity index (χ4v) is 0.752. The van der Waals surface area contributed by atoms with Gasteiger partial charge in [0.25, 0.3) is 0 Å². The molecule has 0 unspecified atom stereocenters. The van der Waals surface area contributed by atoms with Crippen molar-refractivity contribution in [3.05, 3.63) is 24.2 Å². The van der Waals surface area contributed by atoms with Crippen molar-refractivity contribution < 1.29 is 9.21 Å². The first-order valence-electron chi connectivity index (χ1n) is 3.20. The predicted molar refractivity (Wildman–Crippen MR) is 43.0 cm³/mol. The number of amides is 1. The Kier molecular flexibility index (Phi) is 3.04. The first-order valence-corrected chi connectivity index (χ1v) is 3.78. The number of hydrogen-bond donors (Lipinski definition) is 1. The Morgan fingerprint density at radius 3 is 3.09 bits per heavy atom. The summed E-state index contributed by atoms with van der Waals surface area (Å²) in [5.74, 6) is 0.693. The maximum absolute atomic E-state index is 10.7. The number of furan rings is 1. The van der Waals surface area contributed by atoms with E-state index in [1.54, 1.807) is 18.4 Å². The number of nitrogens with one attached hydrogen (secondary N) is 1. The molecule has 0 aliphatic heterocycles. The molecule has 0 fully saturated rings. The Balaban J connectivity index is 2.29. The van der Waals surface area contributed by atoms with E-state index in [2.05, 4.69) is 17.9 Å². The smallest absolute Gasteiger partial charge is 0.231 e. The molecule has 1 N–H and O–H groups in total. The molecule has 0 aliphatic carbocycles. The second kappa shape index (κ2) is 4.08. The van der Waals surface area contributed by atoms with E-state index in [4.69, 9.17) is 4.42 Å². The van der Waals surface area contributed by atoms with E-state index < -0.39 is 0 Å². The molecule has 1 amide bonds. The molecule has 1 rings (SSSR count). The van der Waals surface area contributed by atoms with Gasteiger partial charge in [0.05, 0.1) is 18.6 Å². The summed E-state index contributed by atoms with van der Waals surface area (Å²) in [6.45, 7) is 0.419. The molecule has 4 heteroatoms. The standard InChI is InChI=1S/C7H8NO2S/c9-7(5-11)8-4-6-2-1-3-10-6/h1-3H,4-5H2,(H,8,9). The predicted octanol–water partition coefficient (Wildman–Crippen LogP) is 1.09. The zero-order valence-electron chi connectivity index (χ0n) is 5.87. The van der Waals surface area contributed by atoms with Gasteiger partial charge < -0.3 is 9.73 Å². The molecule has 0 atom stereocenters. The molecule has 0 aliphatic rings. The van der Waals surface area contributed by atoms with E-state index in [1.165, 1.54) is 0 Å². The van der Waals surface area contributed by atoms with Crippen LogP contribution >= 0.6 is 12.6 Å². The zero-order valence-corrected chi connectivity index (χ0v) is 6.69. The lowest BCUT2D eigenvalue weighted by molar-refractivity contribution is -0.118. The SMILES string of the molecule is O=C(C[S])NCc1ccco1. The Bertz CT molecular complexity index is 220. The summed E-state index contributed by atoms with van der Waals surface area (Å²) in [7, 11) is 0. The number of carbonyl (C=O) groups is 1. The molecule has 1 aromatic rings. The van der Waals surface area contributed by atoms with Gasteiger partial charge in [0.1, 0.15) is 5.76 Å². The van der Waals surface area contributed by atoms with Crippen LogP contribution in [0.3, 0.4) is 0 Å². The Morgan fingerprint density at radius 2 is 2.55 bits per heavy atom. The Labute approximate surface area is 70.2 Å². The Hall–Kier alpha value is -0.900. The van der Waals surface area contributed by atoms with Crippen LogP contribution in [-0.4, -0.2) is 11.7 Å². The third kappa shape index (κ3) is 2.67. The van der Waals surface area contributed by atoms with Crippen molar-refractivity contribution in [1.29, 1.82) is 0 Å². The molecule has 0 saturated heterocycles. The van der Waals surface area contributed by atoms with Crippen LogP contribution in [0.2, 0.25) is 0 Å². The van der Waals surface area contributed by atoms with Crippen molar-refractivity contribution in [3.63, 3.8) is 0 Å². The topological polar surface area (TPSA) is 42.2 Å². The van der Waals surface area contributed by atoms with E-state index in [-0.39, 0.29) is 11.7 Å². The van der Waals surface area contributed by atoms with E-state index in [0.29, 0.717) is 6.54 Å². The summed E-state index contributed by atoms with van der Waals surface area (Å²) in [6, 6.07) is 3.57. The third-order valence-electron chi connectivity index (χ3n) is 1.17. The average Bonchev–Trinajstić information content (AvgIpc) is 2.52. The van der Waals surface area contributed by atoms with Crippen LogP contribution in [0.5, 0.6) is 0 Å². The molecular weight excluding hydrogens is 162 g/mol. The van der Waals surface area contributed by atoms with Gasteiger partial charge in [-0.3, -0.25) is 4.79 Å². The van der Waals surface area contributed by atoms with Crippen LogP contribution < -0.4 is 5.32 Å². The van der Waals surface area contributed by atoms with Gasteiger partial charge in [-0.05, 0) is 12.1 Å². The fraction of sp³-hybridized carbons (Fsp3) is 0.286. The molecule has 1 heterocycles. The molecule has 0 saturated carbocycles. The monoisotopic (exact) mass is 170 g/mol. The lowest BCUT2D eigenvalue weighted by Gasteiger charge is -1.97. The van der Waals surface area contributed by atoms with E-state index in [9.17, 15) is 4.79 Å². The fourth-order valence-electron chi connectivity index (χ4n) is 0.650. The zero-order chi connectivity index (χ0) is 8.10. The molecule has 1 aromatic heterocycles. The summed E-state index contributed by atoms with van der Waals surface area (Å²) < 4.78 is 4.98. The third-order valence-corrected chi connectivity index (χ3v) is 1.43. The molecule has 59 valence electrons. The highest BCUT2D eigenvalue weighted by Crippen LogP contribution is 1.97. The lowest BCUT2D eigenvalue weighted by atomic mass is 10.4. The van der Waals surface area contributed by atoms with Gasteiger partial charge in [-0.25, -0.2) is 0 Å². The van der Waals surface area contributed by atoms with Crippen LogP contribution in [0.25, 0.3) is 0 Å². The highest BCUT2D eigenvalue weighted by molar-refractivity contribution is 7.81. The summed E-state index contributed by atoms with van der Waals surface area (Å²) in [6.07, 6.45) is 1.56. The molecule has 0 aromatic carbocycles. The van der Waals surface area contributed by atoms with Crippen molar-refractivity contribution in [2.45, 2.75) is 6.54 Å². The minimum Gasteiger partial charge on any atom is -0.467 e. The minimum atomic E-state index is -0.142. The van der Waals surface area contributed by atoms with Gasteiger partial charge in [-0.15, -0.1) is 0 Å². The maximum Gasteiger partial charge on any atom is 0.231 e. The molecule has 11 heavy (non-hydrogen) atoms. The second-order valence-corrected chi connectivity index (χ2v) is 2.29. The van der Waals surface area contributed by atoms with Gasteiger partial charge in [-0.2, -0.15) is 0 Å². The second-order valence-electron chi connectivity index (χ2n) is 2.00. The number of rotatable bonds is 3. The van der Waals surface area contributed by atoms with E-state index >= 15 is 0 Å². The highest BCUT2D eigenvalue weighted by atomic mass is 32.1. The number of hydrogen-bond acceptors (Lipinski definition) is 2. The largest absolute Gasteiger partial charge is 0.467 e. The van der Waals surface area contributed by atoms with Gasteiger partial charge in [-0.1, -0.05) is 12.6 Å². The highest BCUT2D eigenvalue weighted by Gasteiger charge is 1.98. The minimum absolute atomic E-state index is 0.0979. The van der Waals surface area contributed by atoms with Crippen LogP contribution in [0.15, 0.2) is 22.8 Å². The normalized spacial score (nSPS) is 9.55. The first-order chi connectivity index (χ1) is 5.33. The van der Waals surface area contributed by atoms with Crippen molar-refractivity contribution in [2.75, 3.05) is 5.75 Å². The van der Waals surface area contributed by atoms with Gasteiger partial charge in [0.15, 0.2) is 0 Å². The Morgan fingerprint density at radius 1 is 1.73 bits per heavy atom. The summed E-state index contributed by atoms with van der Waals surface area (Å²) in [5, 5.41) is 2.60. The summed E-state index contributed by atoms with van der Waals surface area (Å²) in [5.41, 5.74) is 0. The van der Waals surface area contributed by atoms with Crippen molar-refractivity contribution in [2.24, 2.45) is 0 Å². The van der Waals surface area contributed by atoms with Crippen LogP contribution in [0.1, 0.15) is 5.76 Å². The maximum atomic E-state index is 10.7. The number of carbonyl (C=O) groups excluding carboxylic acids is 1. The van der Waals surface area contributed by atoms with Gasteiger partial charge in [0, 0.05) is 0 Å². The quantitative estimate of drug-likeness (QED) is 0.738. The molecule has 1 radical (unpaired) electrons. The van der Waals surface area contributed by atoms with Crippen molar-refractivity contribution >= 4 is 18.5 Å². The van der Waals surface area contributed by atoms with E-state index in [0.717, 1.165) is 5.76 Å². The molecular formula is C7H8NO2S. The summed E-state index contributed by atoms with van der Waals surface area (Å²) in [4.78, 5) is 10.7.